The van der Waals surface area contributed by atoms with Gasteiger partial charge >= 0.3 is 0 Å². The van der Waals surface area contributed by atoms with E-state index in [0.717, 1.165) is 18.2 Å². The van der Waals surface area contributed by atoms with Gasteiger partial charge in [0.2, 0.25) is 0 Å². The maximum atomic E-state index is 13.0. The molecule has 0 saturated carbocycles. The summed E-state index contributed by atoms with van der Waals surface area (Å²) in [4.78, 5) is 10.2. The van der Waals surface area contributed by atoms with Crippen LogP contribution in [0, 0.1) is 15.9 Å². The number of halogens is 1. The van der Waals surface area contributed by atoms with Gasteiger partial charge in [-0.3, -0.25) is 10.1 Å². The number of hydrogen-bond donors (Lipinski definition) is 2. The molecule has 0 aromatic heterocycles. The van der Waals surface area contributed by atoms with E-state index in [1.54, 1.807) is 0 Å². The highest BCUT2D eigenvalue weighted by Crippen LogP contribution is 2.24. The van der Waals surface area contributed by atoms with Gasteiger partial charge in [0.15, 0.2) is 0 Å². The quantitative estimate of drug-likeness (QED) is 0.482. The Morgan fingerprint density at radius 3 is 2.56 bits per heavy atom. The van der Waals surface area contributed by atoms with E-state index in [4.69, 9.17) is 0 Å². The number of nitro groups is 1. The van der Waals surface area contributed by atoms with Crippen molar-refractivity contribution in [3.05, 3.63) is 34.1 Å². The minimum atomic E-state index is -0.529. The Hall–Kier alpha value is -1.69. The molecule has 0 heterocycles. The number of hydrogen-bond acceptors (Lipinski definition) is 4. The first-order valence-corrected chi connectivity index (χ1v) is 5.72. The lowest BCUT2D eigenvalue weighted by Gasteiger charge is -2.20. The van der Waals surface area contributed by atoms with E-state index in [1.807, 2.05) is 20.8 Å². The van der Waals surface area contributed by atoms with Gasteiger partial charge in [-0.1, -0.05) is 0 Å². The SMILES string of the molecule is CC(C)(C)NCCNc1cc(F)ccc1[N+](=O)[O-]. The lowest BCUT2D eigenvalue weighted by atomic mass is 10.1. The van der Waals surface area contributed by atoms with Crippen molar-refractivity contribution in [3.8, 4) is 0 Å². The van der Waals surface area contributed by atoms with E-state index in [2.05, 4.69) is 10.6 Å². The molecule has 0 fully saturated rings. The predicted molar refractivity (Wildman–Crippen MR) is 69.3 cm³/mol. The van der Waals surface area contributed by atoms with Gasteiger partial charge in [0.25, 0.3) is 5.69 Å². The molecule has 18 heavy (non-hydrogen) atoms. The number of nitro benzene ring substituents is 1. The molecular weight excluding hydrogens is 237 g/mol. The number of nitrogens with one attached hydrogen (secondary N) is 2. The average Bonchev–Trinajstić information content (AvgIpc) is 2.22. The van der Waals surface area contributed by atoms with Crippen LogP contribution in [0.1, 0.15) is 20.8 Å². The third-order valence-electron chi connectivity index (χ3n) is 2.25. The highest BCUT2D eigenvalue weighted by atomic mass is 19.1. The van der Waals surface area contributed by atoms with Crippen LogP contribution in [0.3, 0.4) is 0 Å². The van der Waals surface area contributed by atoms with Crippen LogP contribution in [0.4, 0.5) is 15.8 Å². The standard InChI is InChI=1S/C12H18FN3O2/c1-12(2,3)15-7-6-14-10-8-9(13)4-5-11(10)16(17)18/h4-5,8,14-15H,6-7H2,1-3H3. The van der Waals surface area contributed by atoms with Crippen molar-refractivity contribution >= 4 is 11.4 Å². The first-order chi connectivity index (χ1) is 8.29. The van der Waals surface area contributed by atoms with Crippen LogP contribution in [0.2, 0.25) is 0 Å². The van der Waals surface area contributed by atoms with Crippen molar-refractivity contribution in [2.45, 2.75) is 26.3 Å². The zero-order chi connectivity index (χ0) is 13.8. The molecule has 100 valence electrons. The molecule has 0 spiro atoms. The molecule has 0 bridgehead atoms. The van der Waals surface area contributed by atoms with Gasteiger partial charge in [-0.25, -0.2) is 4.39 Å². The van der Waals surface area contributed by atoms with Crippen LogP contribution in [-0.2, 0) is 0 Å². The summed E-state index contributed by atoms with van der Waals surface area (Å²) in [5.74, 6) is -0.494. The molecule has 0 atom stereocenters. The second-order valence-electron chi connectivity index (χ2n) is 5.02. The summed E-state index contributed by atoms with van der Waals surface area (Å²) in [5, 5.41) is 16.8. The molecule has 1 aromatic carbocycles. The second kappa shape index (κ2) is 5.77. The van der Waals surface area contributed by atoms with E-state index < -0.39 is 10.7 Å². The zero-order valence-corrected chi connectivity index (χ0v) is 10.8. The van der Waals surface area contributed by atoms with Gasteiger partial charge in [-0.15, -0.1) is 0 Å². The molecule has 5 nitrogen and oxygen atoms in total. The normalized spacial score (nSPS) is 11.3. The molecule has 1 rings (SSSR count). The Balaban J connectivity index is 2.61. The molecule has 0 aliphatic carbocycles. The van der Waals surface area contributed by atoms with Crippen molar-refractivity contribution in [1.82, 2.24) is 5.32 Å². The highest BCUT2D eigenvalue weighted by molar-refractivity contribution is 5.61. The lowest BCUT2D eigenvalue weighted by molar-refractivity contribution is -0.384. The molecule has 0 aliphatic rings. The van der Waals surface area contributed by atoms with Gasteiger partial charge in [0, 0.05) is 30.8 Å². The van der Waals surface area contributed by atoms with E-state index in [-0.39, 0.29) is 16.9 Å². The molecule has 1 aromatic rings. The summed E-state index contributed by atoms with van der Waals surface area (Å²) in [6.45, 7) is 7.20. The third kappa shape index (κ3) is 4.67. The Morgan fingerprint density at radius 1 is 1.33 bits per heavy atom. The molecule has 0 radical (unpaired) electrons. The first kappa shape index (κ1) is 14.4. The van der Waals surface area contributed by atoms with Crippen LogP contribution in [-0.4, -0.2) is 23.6 Å². The summed E-state index contributed by atoms with van der Waals surface area (Å²) in [6, 6.07) is 3.38. The molecule has 2 N–H and O–H groups in total. The predicted octanol–water partition coefficient (Wildman–Crippen LogP) is 2.53. The Morgan fingerprint density at radius 2 is 2.00 bits per heavy atom. The number of rotatable bonds is 5. The second-order valence-corrected chi connectivity index (χ2v) is 5.02. The van der Waals surface area contributed by atoms with E-state index in [0.29, 0.717) is 13.1 Å². The van der Waals surface area contributed by atoms with Gasteiger partial charge < -0.3 is 10.6 Å². The monoisotopic (exact) mass is 255 g/mol. The summed E-state index contributed by atoms with van der Waals surface area (Å²) in [6.07, 6.45) is 0. The summed E-state index contributed by atoms with van der Waals surface area (Å²) >= 11 is 0. The molecule has 6 heteroatoms. The third-order valence-corrected chi connectivity index (χ3v) is 2.25. The fraction of sp³-hybridized carbons (Fsp3) is 0.500. The Kier molecular flexibility index (Phi) is 4.61. The smallest absolute Gasteiger partial charge is 0.292 e. The minimum Gasteiger partial charge on any atom is -0.378 e. The summed E-state index contributed by atoms with van der Waals surface area (Å²) in [7, 11) is 0. The first-order valence-electron chi connectivity index (χ1n) is 5.72. The topological polar surface area (TPSA) is 67.2 Å². The van der Waals surface area contributed by atoms with E-state index in [1.165, 1.54) is 0 Å². The molecule has 0 unspecified atom stereocenters. The highest BCUT2D eigenvalue weighted by Gasteiger charge is 2.14. The summed E-state index contributed by atoms with van der Waals surface area (Å²) < 4.78 is 13.0. The zero-order valence-electron chi connectivity index (χ0n) is 10.8. The fourth-order valence-electron chi connectivity index (χ4n) is 1.44. The van der Waals surface area contributed by atoms with Crippen molar-refractivity contribution in [1.29, 1.82) is 0 Å². The van der Waals surface area contributed by atoms with Crippen molar-refractivity contribution in [2.75, 3.05) is 18.4 Å². The van der Waals surface area contributed by atoms with Gasteiger partial charge in [0.05, 0.1) is 4.92 Å². The van der Waals surface area contributed by atoms with Crippen LogP contribution in [0.25, 0.3) is 0 Å². The Labute approximate surface area is 106 Å². The molecule has 0 aliphatic heterocycles. The van der Waals surface area contributed by atoms with Crippen LogP contribution >= 0.6 is 0 Å². The van der Waals surface area contributed by atoms with Gasteiger partial charge in [-0.2, -0.15) is 0 Å². The van der Waals surface area contributed by atoms with Crippen LogP contribution < -0.4 is 10.6 Å². The average molecular weight is 255 g/mol. The van der Waals surface area contributed by atoms with Crippen LogP contribution in [0.5, 0.6) is 0 Å². The van der Waals surface area contributed by atoms with Gasteiger partial charge in [-0.05, 0) is 26.8 Å². The molecule has 0 saturated heterocycles. The summed E-state index contributed by atoms with van der Waals surface area (Å²) in [5.41, 5.74) is 0.0677. The largest absolute Gasteiger partial charge is 0.378 e. The van der Waals surface area contributed by atoms with Crippen LogP contribution in [0.15, 0.2) is 18.2 Å². The van der Waals surface area contributed by atoms with Crippen molar-refractivity contribution in [3.63, 3.8) is 0 Å². The molecular formula is C12H18FN3O2. The van der Waals surface area contributed by atoms with E-state index in [9.17, 15) is 14.5 Å². The lowest BCUT2D eigenvalue weighted by Crippen LogP contribution is -2.38. The van der Waals surface area contributed by atoms with Crippen molar-refractivity contribution in [2.24, 2.45) is 0 Å². The Bertz CT molecular complexity index is 430. The van der Waals surface area contributed by atoms with Crippen molar-refractivity contribution < 1.29 is 9.31 Å². The number of benzene rings is 1. The number of nitrogens with zero attached hydrogens (tertiary/aromatic N) is 1. The fourth-order valence-corrected chi connectivity index (χ4v) is 1.44. The van der Waals surface area contributed by atoms with Gasteiger partial charge in [0.1, 0.15) is 11.5 Å². The maximum Gasteiger partial charge on any atom is 0.292 e. The number of anilines is 1. The maximum absolute atomic E-state index is 13.0. The minimum absolute atomic E-state index is 0.0183. The van der Waals surface area contributed by atoms with E-state index >= 15 is 0 Å². The molecule has 0 amide bonds.